The van der Waals surface area contributed by atoms with Gasteiger partial charge in [0.2, 0.25) is 0 Å². The van der Waals surface area contributed by atoms with Gasteiger partial charge in [-0.1, -0.05) is 141 Å². The van der Waals surface area contributed by atoms with Crippen molar-refractivity contribution in [1.82, 2.24) is 0 Å². The third-order valence-electron chi connectivity index (χ3n) is 6.76. The van der Waals surface area contributed by atoms with E-state index in [4.69, 9.17) is 5.73 Å². The summed E-state index contributed by atoms with van der Waals surface area (Å²) in [4.78, 5) is 0. The lowest BCUT2D eigenvalue weighted by atomic mass is 9.74. The maximum absolute atomic E-state index is 6.44. The molecule has 1 aromatic rings. The quantitative estimate of drug-likeness (QED) is 0.237. The van der Waals surface area contributed by atoms with Crippen molar-refractivity contribution in [3.05, 3.63) is 35.4 Å². The van der Waals surface area contributed by atoms with Crippen molar-refractivity contribution in [3.8, 4) is 0 Å². The number of rotatable bonds is 18. The van der Waals surface area contributed by atoms with Gasteiger partial charge in [0.05, 0.1) is 0 Å². The smallest absolute Gasteiger partial charge is 0.0355 e. The SMILES string of the molecule is CCCCCCCCCCCCCCCCCC(C)(C)c1ccccc1C(C)(C)N. The molecule has 0 aliphatic heterocycles. The normalized spacial score (nSPS) is 12.5. The molecule has 174 valence electrons. The average Bonchev–Trinajstić information content (AvgIpc) is 2.70. The minimum absolute atomic E-state index is 0.198. The number of hydrogen-bond acceptors (Lipinski definition) is 1. The predicted octanol–water partition coefficient (Wildman–Crippen LogP) is 9.42. The predicted molar refractivity (Wildman–Crippen MR) is 136 cm³/mol. The van der Waals surface area contributed by atoms with Gasteiger partial charge in [-0.05, 0) is 36.8 Å². The molecule has 0 radical (unpaired) electrons. The summed E-state index contributed by atoms with van der Waals surface area (Å²) in [5.41, 5.74) is 9.10. The van der Waals surface area contributed by atoms with Crippen LogP contribution in [0.3, 0.4) is 0 Å². The monoisotopic (exact) mass is 415 g/mol. The van der Waals surface area contributed by atoms with Gasteiger partial charge in [-0.3, -0.25) is 0 Å². The second kappa shape index (κ2) is 15.1. The van der Waals surface area contributed by atoms with E-state index >= 15 is 0 Å². The molecule has 1 rings (SSSR count). The van der Waals surface area contributed by atoms with Crippen LogP contribution in [0.15, 0.2) is 24.3 Å². The topological polar surface area (TPSA) is 26.0 Å². The largest absolute Gasteiger partial charge is 0.322 e. The summed E-state index contributed by atoms with van der Waals surface area (Å²) in [5, 5.41) is 0. The third-order valence-corrected chi connectivity index (χ3v) is 6.76. The van der Waals surface area contributed by atoms with Crippen molar-refractivity contribution in [3.63, 3.8) is 0 Å². The molecule has 0 amide bonds. The number of nitrogens with two attached hydrogens (primary N) is 1. The molecule has 0 unspecified atom stereocenters. The van der Waals surface area contributed by atoms with Crippen molar-refractivity contribution in [2.75, 3.05) is 0 Å². The van der Waals surface area contributed by atoms with Crippen LogP contribution in [-0.4, -0.2) is 0 Å². The lowest BCUT2D eigenvalue weighted by Crippen LogP contribution is -2.33. The van der Waals surface area contributed by atoms with Gasteiger partial charge < -0.3 is 5.73 Å². The molecule has 0 saturated heterocycles. The Kier molecular flexibility index (Phi) is 13.7. The van der Waals surface area contributed by atoms with E-state index in [1.165, 1.54) is 114 Å². The lowest BCUT2D eigenvalue weighted by Gasteiger charge is -2.32. The van der Waals surface area contributed by atoms with Crippen LogP contribution in [0, 0.1) is 0 Å². The molecule has 0 fully saturated rings. The third kappa shape index (κ3) is 11.5. The molecule has 0 saturated carbocycles. The molecule has 1 nitrogen and oxygen atoms in total. The molecular formula is C29H53N. The van der Waals surface area contributed by atoms with E-state index in [1.54, 1.807) is 0 Å². The first kappa shape index (κ1) is 27.2. The van der Waals surface area contributed by atoms with Crippen LogP contribution in [0.25, 0.3) is 0 Å². The van der Waals surface area contributed by atoms with Crippen molar-refractivity contribution >= 4 is 0 Å². The molecule has 0 spiro atoms. The van der Waals surface area contributed by atoms with Crippen molar-refractivity contribution in [2.24, 2.45) is 5.73 Å². The molecule has 1 heteroatoms. The van der Waals surface area contributed by atoms with Crippen LogP contribution in [0.4, 0.5) is 0 Å². The van der Waals surface area contributed by atoms with Crippen molar-refractivity contribution in [1.29, 1.82) is 0 Å². The van der Waals surface area contributed by atoms with Crippen molar-refractivity contribution in [2.45, 2.75) is 148 Å². The van der Waals surface area contributed by atoms with E-state index in [2.05, 4.69) is 58.9 Å². The van der Waals surface area contributed by atoms with Crippen LogP contribution >= 0.6 is 0 Å². The molecule has 0 atom stereocenters. The van der Waals surface area contributed by atoms with Gasteiger partial charge in [-0.15, -0.1) is 0 Å². The van der Waals surface area contributed by atoms with Crippen LogP contribution < -0.4 is 5.73 Å². The first-order chi connectivity index (χ1) is 14.3. The highest BCUT2D eigenvalue weighted by Gasteiger charge is 2.27. The highest BCUT2D eigenvalue weighted by Crippen LogP contribution is 2.35. The van der Waals surface area contributed by atoms with Gasteiger partial charge in [0.1, 0.15) is 0 Å². The molecule has 0 heterocycles. The summed E-state index contributed by atoms with van der Waals surface area (Å²) in [6.07, 6.45) is 22.6. The highest BCUT2D eigenvalue weighted by molar-refractivity contribution is 5.37. The standard InChI is InChI=1S/C29H53N/c1-6-7-8-9-10-11-12-13-14-15-16-17-18-19-22-25-28(2,3)26-23-20-21-24-27(26)29(4,5)30/h20-21,23-24H,6-19,22,25,30H2,1-5H3. The van der Waals surface area contributed by atoms with Crippen molar-refractivity contribution < 1.29 is 0 Å². The summed E-state index contributed by atoms with van der Waals surface area (Å²) in [6, 6.07) is 8.79. The zero-order valence-corrected chi connectivity index (χ0v) is 21.2. The maximum Gasteiger partial charge on any atom is 0.0355 e. The second-order valence-corrected chi connectivity index (χ2v) is 10.9. The van der Waals surface area contributed by atoms with E-state index in [1.807, 2.05) is 0 Å². The minimum atomic E-state index is -0.275. The Morgan fingerprint density at radius 2 is 0.933 bits per heavy atom. The number of hydrogen-bond donors (Lipinski definition) is 1. The van der Waals surface area contributed by atoms with Gasteiger partial charge in [-0.2, -0.15) is 0 Å². The summed E-state index contributed by atoms with van der Waals surface area (Å²) >= 11 is 0. The second-order valence-electron chi connectivity index (χ2n) is 10.9. The molecule has 0 aliphatic carbocycles. The summed E-state index contributed by atoms with van der Waals surface area (Å²) in [5.74, 6) is 0. The Morgan fingerprint density at radius 1 is 0.567 bits per heavy atom. The molecule has 1 aromatic carbocycles. The fraction of sp³-hybridized carbons (Fsp3) is 0.793. The zero-order chi connectivity index (χ0) is 22.3. The van der Waals surface area contributed by atoms with Crippen LogP contribution in [0.2, 0.25) is 0 Å². The van der Waals surface area contributed by atoms with Crippen LogP contribution in [0.5, 0.6) is 0 Å². The Morgan fingerprint density at radius 3 is 1.33 bits per heavy atom. The molecule has 0 aromatic heterocycles. The van der Waals surface area contributed by atoms with Gasteiger partial charge in [-0.25, -0.2) is 0 Å². The molecule has 2 N–H and O–H groups in total. The summed E-state index contributed by atoms with van der Waals surface area (Å²) < 4.78 is 0. The summed E-state index contributed by atoms with van der Waals surface area (Å²) in [6.45, 7) is 11.3. The van der Waals surface area contributed by atoms with Crippen LogP contribution in [-0.2, 0) is 11.0 Å². The Balaban J connectivity index is 2.08. The lowest BCUT2D eigenvalue weighted by molar-refractivity contribution is 0.426. The Bertz CT molecular complexity index is 538. The van der Waals surface area contributed by atoms with Gasteiger partial charge >= 0.3 is 0 Å². The number of benzene rings is 1. The first-order valence-corrected chi connectivity index (χ1v) is 13.2. The fourth-order valence-electron chi connectivity index (χ4n) is 4.71. The highest BCUT2D eigenvalue weighted by atomic mass is 14.7. The minimum Gasteiger partial charge on any atom is -0.322 e. The van der Waals surface area contributed by atoms with Gasteiger partial charge in [0.15, 0.2) is 0 Å². The maximum atomic E-state index is 6.44. The van der Waals surface area contributed by atoms with E-state index in [-0.39, 0.29) is 11.0 Å². The first-order valence-electron chi connectivity index (χ1n) is 13.2. The molecule has 0 bridgehead atoms. The average molecular weight is 416 g/mol. The molecule has 0 aliphatic rings. The Hall–Kier alpha value is -0.820. The van der Waals surface area contributed by atoms with E-state index in [0.717, 1.165) is 0 Å². The van der Waals surface area contributed by atoms with E-state index < -0.39 is 0 Å². The Labute approximate surface area is 189 Å². The van der Waals surface area contributed by atoms with Gasteiger partial charge in [0, 0.05) is 5.54 Å². The zero-order valence-electron chi connectivity index (χ0n) is 21.2. The van der Waals surface area contributed by atoms with E-state index in [0.29, 0.717) is 0 Å². The van der Waals surface area contributed by atoms with Gasteiger partial charge in [0.25, 0.3) is 0 Å². The number of unbranched alkanes of at least 4 members (excludes halogenated alkanes) is 14. The molecular weight excluding hydrogens is 362 g/mol. The van der Waals surface area contributed by atoms with Crippen LogP contribution in [0.1, 0.15) is 148 Å². The fourth-order valence-corrected chi connectivity index (χ4v) is 4.71. The molecule has 30 heavy (non-hydrogen) atoms. The summed E-state index contributed by atoms with van der Waals surface area (Å²) in [7, 11) is 0. The van der Waals surface area contributed by atoms with E-state index in [9.17, 15) is 0 Å².